The van der Waals surface area contributed by atoms with Crippen molar-refractivity contribution in [3.8, 4) is 11.1 Å². The van der Waals surface area contributed by atoms with E-state index in [-0.39, 0.29) is 5.60 Å². The molecule has 4 nitrogen and oxygen atoms in total. The van der Waals surface area contributed by atoms with Crippen molar-refractivity contribution < 1.29 is 14.6 Å². The number of piperidine rings is 1. The number of benzene rings is 3. The Bertz CT molecular complexity index is 1040. The number of nitrogens with zero attached hydrogens (tertiary/aromatic N) is 1. The van der Waals surface area contributed by atoms with Crippen LogP contribution in [-0.2, 0) is 11.2 Å². The van der Waals surface area contributed by atoms with E-state index in [1.807, 2.05) is 31.4 Å². The molecule has 0 amide bonds. The highest BCUT2D eigenvalue weighted by Gasteiger charge is 2.35. The summed E-state index contributed by atoms with van der Waals surface area (Å²) in [6, 6.07) is 23.6. The first-order chi connectivity index (χ1) is 15.0. The van der Waals surface area contributed by atoms with Crippen LogP contribution in [0.5, 0.6) is 0 Å². The number of rotatable bonds is 6. The van der Waals surface area contributed by atoms with Crippen LogP contribution in [0.4, 0.5) is 5.69 Å². The number of hydrogen-bond donors (Lipinski definition) is 1. The van der Waals surface area contributed by atoms with Gasteiger partial charge in [0.1, 0.15) is 0 Å². The summed E-state index contributed by atoms with van der Waals surface area (Å²) < 4.78 is 6.10. The van der Waals surface area contributed by atoms with Crippen molar-refractivity contribution in [3.05, 3.63) is 88.9 Å². The van der Waals surface area contributed by atoms with Crippen LogP contribution in [0, 0.1) is 0 Å². The number of carboxylic acid groups (broad SMARTS) is 1. The van der Waals surface area contributed by atoms with Gasteiger partial charge < -0.3 is 14.7 Å². The highest BCUT2D eigenvalue weighted by atomic mass is 35.5. The molecular formula is C26H26ClNO3. The fourth-order valence-corrected chi connectivity index (χ4v) is 4.50. The fourth-order valence-electron chi connectivity index (χ4n) is 4.37. The molecule has 0 aliphatic carbocycles. The van der Waals surface area contributed by atoms with Crippen molar-refractivity contribution in [2.24, 2.45) is 0 Å². The van der Waals surface area contributed by atoms with Gasteiger partial charge in [0.25, 0.3) is 0 Å². The standard InChI is InChI=1S/C26H26ClNO3/c1-31-26(14-16-28(17-15-26)23-12-8-20(9-13-23)25(29)30)18-21-4-2-3-5-24(21)19-6-10-22(27)11-7-19/h2-13H,14-18H2,1H3,(H,29,30). The number of carbonyl (C=O) groups is 1. The van der Waals surface area contributed by atoms with Gasteiger partial charge >= 0.3 is 5.97 Å². The molecule has 1 saturated heterocycles. The molecule has 5 heteroatoms. The van der Waals surface area contributed by atoms with Gasteiger partial charge in [-0.15, -0.1) is 0 Å². The molecule has 1 heterocycles. The van der Waals surface area contributed by atoms with Gasteiger partial charge in [-0.1, -0.05) is 48.0 Å². The Morgan fingerprint density at radius 2 is 1.65 bits per heavy atom. The second-order valence-corrected chi connectivity index (χ2v) is 8.50. The second kappa shape index (κ2) is 9.13. The second-order valence-electron chi connectivity index (χ2n) is 8.07. The molecule has 0 unspecified atom stereocenters. The number of anilines is 1. The maximum absolute atomic E-state index is 11.1. The molecule has 31 heavy (non-hydrogen) atoms. The Kier molecular flexibility index (Phi) is 6.30. The summed E-state index contributed by atoms with van der Waals surface area (Å²) in [5.41, 5.74) is 4.78. The third kappa shape index (κ3) is 4.76. The molecule has 0 bridgehead atoms. The maximum atomic E-state index is 11.1. The van der Waals surface area contributed by atoms with E-state index >= 15 is 0 Å². The summed E-state index contributed by atoms with van der Waals surface area (Å²) in [5.74, 6) is -0.900. The number of carboxylic acids is 1. The zero-order chi connectivity index (χ0) is 21.8. The first-order valence-corrected chi connectivity index (χ1v) is 10.8. The highest BCUT2D eigenvalue weighted by molar-refractivity contribution is 6.30. The summed E-state index contributed by atoms with van der Waals surface area (Å²) in [4.78, 5) is 13.4. The summed E-state index contributed by atoms with van der Waals surface area (Å²) in [5, 5.41) is 9.84. The van der Waals surface area contributed by atoms with Gasteiger partial charge in [-0.2, -0.15) is 0 Å². The Hall–Kier alpha value is -2.82. The predicted molar refractivity (Wildman–Crippen MR) is 125 cm³/mol. The summed E-state index contributed by atoms with van der Waals surface area (Å²) in [6.45, 7) is 1.73. The summed E-state index contributed by atoms with van der Waals surface area (Å²) in [6.07, 6.45) is 2.65. The quantitative estimate of drug-likeness (QED) is 0.521. The monoisotopic (exact) mass is 435 g/mol. The summed E-state index contributed by atoms with van der Waals surface area (Å²) >= 11 is 6.07. The molecule has 1 fully saturated rings. The Labute approximate surface area is 188 Å². The minimum Gasteiger partial charge on any atom is -0.478 e. The lowest BCUT2D eigenvalue weighted by atomic mass is 9.82. The van der Waals surface area contributed by atoms with Crippen LogP contribution >= 0.6 is 11.6 Å². The van der Waals surface area contributed by atoms with Crippen molar-refractivity contribution in [1.82, 2.24) is 0 Å². The van der Waals surface area contributed by atoms with Crippen LogP contribution < -0.4 is 4.90 Å². The number of ether oxygens (including phenoxy) is 1. The molecular weight excluding hydrogens is 410 g/mol. The lowest BCUT2D eigenvalue weighted by Crippen LogP contribution is -2.47. The maximum Gasteiger partial charge on any atom is 0.335 e. The number of methoxy groups -OCH3 is 1. The van der Waals surface area contributed by atoms with Crippen LogP contribution in [0.15, 0.2) is 72.8 Å². The van der Waals surface area contributed by atoms with E-state index in [9.17, 15) is 4.79 Å². The molecule has 0 radical (unpaired) electrons. The van der Waals surface area contributed by atoms with E-state index in [0.717, 1.165) is 48.6 Å². The lowest BCUT2D eigenvalue weighted by molar-refractivity contribution is -0.0288. The number of hydrogen-bond acceptors (Lipinski definition) is 3. The summed E-state index contributed by atoms with van der Waals surface area (Å²) in [7, 11) is 1.81. The zero-order valence-electron chi connectivity index (χ0n) is 17.6. The largest absolute Gasteiger partial charge is 0.478 e. The normalized spacial score (nSPS) is 15.6. The topological polar surface area (TPSA) is 49.8 Å². The molecule has 4 rings (SSSR count). The minimum absolute atomic E-state index is 0.222. The van der Waals surface area contributed by atoms with Gasteiger partial charge in [-0.3, -0.25) is 0 Å². The van der Waals surface area contributed by atoms with E-state index in [1.165, 1.54) is 11.1 Å². The van der Waals surface area contributed by atoms with Gasteiger partial charge in [0, 0.05) is 37.3 Å². The first kappa shape index (κ1) is 21.4. The van der Waals surface area contributed by atoms with Crippen LogP contribution in [0.3, 0.4) is 0 Å². The third-order valence-electron chi connectivity index (χ3n) is 6.27. The fraction of sp³-hybridized carbons (Fsp3) is 0.269. The van der Waals surface area contributed by atoms with E-state index in [1.54, 1.807) is 12.1 Å². The van der Waals surface area contributed by atoms with Gasteiger partial charge in [-0.25, -0.2) is 4.79 Å². The van der Waals surface area contributed by atoms with Crippen molar-refractivity contribution in [2.75, 3.05) is 25.1 Å². The molecule has 0 atom stereocenters. The van der Waals surface area contributed by atoms with Crippen molar-refractivity contribution in [3.63, 3.8) is 0 Å². The number of halogens is 1. The molecule has 0 aromatic heterocycles. The zero-order valence-corrected chi connectivity index (χ0v) is 18.3. The lowest BCUT2D eigenvalue weighted by Gasteiger charge is -2.42. The van der Waals surface area contributed by atoms with Gasteiger partial charge in [0.05, 0.1) is 11.2 Å². The van der Waals surface area contributed by atoms with Crippen molar-refractivity contribution in [1.29, 1.82) is 0 Å². The van der Waals surface area contributed by atoms with Crippen LogP contribution in [0.25, 0.3) is 11.1 Å². The molecule has 160 valence electrons. The molecule has 3 aromatic rings. The molecule has 0 saturated carbocycles. The van der Waals surface area contributed by atoms with Crippen LogP contribution in [0.2, 0.25) is 5.02 Å². The van der Waals surface area contributed by atoms with Crippen LogP contribution in [-0.4, -0.2) is 36.9 Å². The molecule has 1 N–H and O–H groups in total. The van der Waals surface area contributed by atoms with Crippen molar-refractivity contribution >= 4 is 23.3 Å². The smallest absolute Gasteiger partial charge is 0.335 e. The van der Waals surface area contributed by atoms with E-state index < -0.39 is 5.97 Å². The predicted octanol–water partition coefficient (Wildman–Crippen LogP) is 5.93. The third-order valence-corrected chi connectivity index (χ3v) is 6.52. The van der Waals surface area contributed by atoms with Crippen molar-refractivity contribution in [2.45, 2.75) is 24.9 Å². The van der Waals surface area contributed by atoms with Gasteiger partial charge in [0.15, 0.2) is 0 Å². The molecule has 1 aliphatic rings. The van der Waals surface area contributed by atoms with E-state index in [4.69, 9.17) is 21.4 Å². The molecule has 3 aromatic carbocycles. The van der Waals surface area contributed by atoms with E-state index in [0.29, 0.717) is 5.56 Å². The van der Waals surface area contributed by atoms with E-state index in [2.05, 4.69) is 41.3 Å². The average Bonchev–Trinajstić information content (AvgIpc) is 2.81. The van der Waals surface area contributed by atoms with Crippen LogP contribution in [0.1, 0.15) is 28.8 Å². The van der Waals surface area contributed by atoms with Gasteiger partial charge in [0.2, 0.25) is 0 Å². The minimum atomic E-state index is -0.900. The Morgan fingerprint density at radius 1 is 1.00 bits per heavy atom. The average molecular weight is 436 g/mol. The molecule has 1 aliphatic heterocycles. The van der Waals surface area contributed by atoms with Gasteiger partial charge in [-0.05, 0) is 65.9 Å². The SMILES string of the molecule is COC1(Cc2ccccc2-c2ccc(Cl)cc2)CCN(c2ccc(C(=O)O)cc2)CC1. The first-order valence-electron chi connectivity index (χ1n) is 10.5. The molecule has 0 spiro atoms. The highest BCUT2D eigenvalue weighted by Crippen LogP contribution is 2.35. The Balaban J connectivity index is 1.50. The number of aromatic carboxylic acids is 1. The Morgan fingerprint density at radius 3 is 2.26 bits per heavy atom.